The summed E-state index contributed by atoms with van der Waals surface area (Å²) in [6, 6.07) is 0. The maximum Gasteiger partial charge on any atom is 0.0781 e. The van der Waals surface area contributed by atoms with Gasteiger partial charge in [-0.1, -0.05) is 6.92 Å². The van der Waals surface area contributed by atoms with Crippen LogP contribution in [0.4, 0.5) is 0 Å². The first-order chi connectivity index (χ1) is 4.73. The molecule has 1 saturated carbocycles. The van der Waals surface area contributed by atoms with E-state index in [-0.39, 0.29) is 0 Å². The quantitative estimate of drug-likeness (QED) is 0.587. The molecule has 1 nitrogen and oxygen atoms in total. The van der Waals surface area contributed by atoms with E-state index in [1.54, 1.807) is 0 Å². The van der Waals surface area contributed by atoms with Crippen molar-refractivity contribution in [3.8, 4) is 12.3 Å². The van der Waals surface area contributed by atoms with Crippen molar-refractivity contribution >= 4 is 0 Å². The maximum atomic E-state index is 9.82. The van der Waals surface area contributed by atoms with Gasteiger partial charge in [0.1, 0.15) is 0 Å². The molecule has 0 amide bonds. The summed E-state index contributed by atoms with van der Waals surface area (Å²) in [6.45, 7) is 2.00. The zero-order chi connectivity index (χ0) is 7.61. The lowest BCUT2D eigenvalue weighted by molar-refractivity contribution is 0.0187. The van der Waals surface area contributed by atoms with Crippen molar-refractivity contribution in [2.45, 2.75) is 38.2 Å². The largest absolute Gasteiger partial charge is 0.389 e. The number of hydrogen-bond acceptors (Lipinski definition) is 1. The fourth-order valence-corrected chi connectivity index (χ4v) is 1.36. The molecule has 1 unspecified atom stereocenters. The van der Waals surface area contributed by atoms with E-state index in [0.717, 1.165) is 19.3 Å². The summed E-state index contributed by atoms with van der Waals surface area (Å²) in [5.41, 5.74) is -0.533. The van der Waals surface area contributed by atoms with Crippen LogP contribution in [0.25, 0.3) is 0 Å². The summed E-state index contributed by atoms with van der Waals surface area (Å²) in [4.78, 5) is 0. The van der Waals surface area contributed by atoms with E-state index in [9.17, 15) is 5.11 Å². The van der Waals surface area contributed by atoms with Crippen molar-refractivity contribution in [1.29, 1.82) is 0 Å². The van der Waals surface area contributed by atoms with Gasteiger partial charge >= 0.3 is 0 Å². The number of aliphatic hydroxyl groups is 1. The Balaban J connectivity index is 2.49. The van der Waals surface area contributed by atoms with Gasteiger partial charge in [0.25, 0.3) is 0 Å². The van der Waals surface area contributed by atoms with Crippen LogP contribution in [-0.4, -0.2) is 10.7 Å². The van der Waals surface area contributed by atoms with Crippen molar-refractivity contribution in [1.82, 2.24) is 0 Å². The molecule has 1 N–H and O–H groups in total. The third kappa shape index (κ3) is 1.33. The predicted octanol–water partition coefficient (Wildman–Crippen LogP) is 1.56. The first-order valence-electron chi connectivity index (χ1n) is 3.89. The molecule has 1 rings (SSSR count). The van der Waals surface area contributed by atoms with Crippen molar-refractivity contribution < 1.29 is 5.11 Å². The van der Waals surface area contributed by atoms with Crippen LogP contribution in [0.15, 0.2) is 0 Å². The Morgan fingerprint density at radius 3 is 2.60 bits per heavy atom. The zero-order valence-corrected chi connectivity index (χ0v) is 6.43. The van der Waals surface area contributed by atoms with Gasteiger partial charge in [-0.25, -0.2) is 0 Å². The average molecular weight is 138 g/mol. The Kier molecular flexibility index (Phi) is 2.01. The van der Waals surface area contributed by atoms with E-state index in [1.165, 1.54) is 0 Å². The highest BCUT2D eigenvalue weighted by atomic mass is 16.3. The molecule has 1 heteroatoms. The highest BCUT2D eigenvalue weighted by molar-refractivity contribution is 5.02. The first-order valence-corrected chi connectivity index (χ1v) is 3.89. The third-order valence-electron chi connectivity index (χ3n) is 2.36. The second-order valence-electron chi connectivity index (χ2n) is 3.11. The van der Waals surface area contributed by atoms with Crippen molar-refractivity contribution in [3.05, 3.63) is 0 Å². The molecule has 10 heavy (non-hydrogen) atoms. The zero-order valence-electron chi connectivity index (χ0n) is 6.43. The van der Waals surface area contributed by atoms with Gasteiger partial charge in [0.05, 0.1) is 5.60 Å². The Labute approximate surface area is 62.4 Å². The van der Waals surface area contributed by atoms with Gasteiger partial charge < -0.3 is 5.11 Å². The van der Waals surface area contributed by atoms with Crippen LogP contribution in [0.1, 0.15) is 32.6 Å². The lowest BCUT2D eigenvalue weighted by atomic mass is 9.91. The van der Waals surface area contributed by atoms with Gasteiger partial charge in [-0.3, -0.25) is 0 Å². The first kappa shape index (κ1) is 7.63. The number of terminal acetylenes is 1. The molecule has 0 saturated heterocycles. The van der Waals surface area contributed by atoms with Gasteiger partial charge in [-0.15, -0.1) is 12.3 Å². The lowest BCUT2D eigenvalue weighted by Crippen LogP contribution is -2.29. The smallest absolute Gasteiger partial charge is 0.0781 e. The summed E-state index contributed by atoms with van der Waals surface area (Å²) in [5, 5.41) is 9.82. The van der Waals surface area contributed by atoms with Crippen molar-refractivity contribution in [3.63, 3.8) is 0 Å². The Morgan fingerprint density at radius 1 is 1.70 bits per heavy atom. The topological polar surface area (TPSA) is 20.2 Å². The van der Waals surface area contributed by atoms with E-state index < -0.39 is 5.60 Å². The standard InChI is InChI=1S/C9H14O/c1-3-7-9(10,4-2)8-5-6-8/h1,8,10H,4-7H2,2H3. The monoisotopic (exact) mass is 138 g/mol. The fraction of sp³-hybridized carbons (Fsp3) is 0.778. The number of hydrogen-bond donors (Lipinski definition) is 1. The van der Waals surface area contributed by atoms with Crippen LogP contribution < -0.4 is 0 Å². The molecule has 0 radical (unpaired) electrons. The Morgan fingerprint density at radius 2 is 2.30 bits per heavy atom. The molecular formula is C9H14O. The molecule has 0 aliphatic heterocycles. The Bertz CT molecular complexity index is 153. The summed E-state index contributed by atoms with van der Waals surface area (Å²) < 4.78 is 0. The van der Waals surface area contributed by atoms with E-state index in [0.29, 0.717) is 12.3 Å². The van der Waals surface area contributed by atoms with Gasteiger partial charge in [0.2, 0.25) is 0 Å². The van der Waals surface area contributed by atoms with Crippen molar-refractivity contribution in [2.75, 3.05) is 0 Å². The van der Waals surface area contributed by atoms with Crippen LogP contribution in [-0.2, 0) is 0 Å². The molecule has 56 valence electrons. The predicted molar refractivity (Wildman–Crippen MR) is 41.4 cm³/mol. The maximum absolute atomic E-state index is 9.82. The second kappa shape index (κ2) is 2.64. The summed E-state index contributed by atoms with van der Waals surface area (Å²) in [7, 11) is 0. The van der Waals surface area contributed by atoms with Gasteiger partial charge in [0.15, 0.2) is 0 Å². The molecular weight excluding hydrogens is 124 g/mol. The summed E-state index contributed by atoms with van der Waals surface area (Å²) in [6.07, 6.45) is 8.78. The highest BCUT2D eigenvalue weighted by Crippen LogP contribution is 2.43. The minimum atomic E-state index is -0.533. The molecule has 0 heterocycles. The van der Waals surface area contributed by atoms with Gasteiger partial charge in [0, 0.05) is 6.42 Å². The molecule has 0 spiro atoms. The number of rotatable bonds is 3. The van der Waals surface area contributed by atoms with Crippen LogP contribution in [0, 0.1) is 18.3 Å². The Hall–Kier alpha value is -0.480. The minimum absolute atomic E-state index is 0.494. The minimum Gasteiger partial charge on any atom is -0.389 e. The second-order valence-corrected chi connectivity index (χ2v) is 3.11. The van der Waals surface area contributed by atoms with Gasteiger partial charge in [-0.2, -0.15) is 0 Å². The molecule has 0 aromatic carbocycles. The average Bonchev–Trinajstić information content (AvgIpc) is 2.69. The van der Waals surface area contributed by atoms with Crippen LogP contribution in [0.2, 0.25) is 0 Å². The van der Waals surface area contributed by atoms with Crippen LogP contribution in [0.3, 0.4) is 0 Å². The van der Waals surface area contributed by atoms with E-state index in [2.05, 4.69) is 5.92 Å². The SMILES string of the molecule is C#CCC(O)(CC)C1CC1. The molecule has 1 fully saturated rings. The normalized spacial score (nSPS) is 23.3. The van der Waals surface area contributed by atoms with Crippen LogP contribution in [0.5, 0.6) is 0 Å². The third-order valence-corrected chi connectivity index (χ3v) is 2.36. The van der Waals surface area contributed by atoms with Crippen molar-refractivity contribution in [2.24, 2.45) is 5.92 Å². The van der Waals surface area contributed by atoms with E-state index in [4.69, 9.17) is 6.42 Å². The molecule has 0 bridgehead atoms. The molecule has 1 aliphatic carbocycles. The van der Waals surface area contributed by atoms with E-state index >= 15 is 0 Å². The molecule has 0 aromatic heterocycles. The highest BCUT2D eigenvalue weighted by Gasteiger charge is 2.41. The summed E-state index contributed by atoms with van der Waals surface area (Å²) in [5.74, 6) is 3.02. The molecule has 0 aromatic rings. The molecule has 1 atom stereocenters. The van der Waals surface area contributed by atoms with Gasteiger partial charge in [-0.05, 0) is 25.2 Å². The fourth-order valence-electron chi connectivity index (χ4n) is 1.36. The lowest BCUT2D eigenvalue weighted by Gasteiger charge is -2.23. The van der Waals surface area contributed by atoms with Crippen LogP contribution >= 0.6 is 0 Å². The van der Waals surface area contributed by atoms with E-state index in [1.807, 2.05) is 6.92 Å². The molecule has 1 aliphatic rings. The summed E-state index contributed by atoms with van der Waals surface area (Å²) >= 11 is 0.